The molecule has 0 amide bonds. The second-order valence-electron chi connectivity index (χ2n) is 10.4. The highest BCUT2D eigenvalue weighted by Crippen LogP contribution is 2.37. The highest BCUT2D eigenvalue weighted by molar-refractivity contribution is 6.63. The Bertz CT molecular complexity index is 1180. The van der Waals surface area contributed by atoms with Gasteiger partial charge in [0.2, 0.25) is 0 Å². The molecule has 0 unspecified atom stereocenters. The molecule has 0 bridgehead atoms. The minimum atomic E-state index is -0.633. The molecule has 206 valence electrons. The Hall–Kier alpha value is -3.17. The quantitative estimate of drug-likeness (QED) is 0.175. The van der Waals surface area contributed by atoms with E-state index in [2.05, 4.69) is 0 Å². The van der Waals surface area contributed by atoms with Crippen LogP contribution in [0.1, 0.15) is 49.2 Å². The van der Waals surface area contributed by atoms with Crippen molar-refractivity contribution in [1.82, 2.24) is 0 Å². The maximum atomic E-state index is 12.8. The van der Waals surface area contributed by atoms with E-state index in [1.165, 1.54) is 0 Å². The Kier molecular flexibility index (Phi) is 9.81. The van der Waals surface area contributed by atoms with Crippen LogP contribution in [0.15, 0.2) is 78.9 Å². The summed E-state index contributed by atoms with van der Waals surface area (Å²) in [6.07, 6.45) is 0. The number of rotatable bonds is 13. The van der Waals surface area contributed by atoms with E-state index in [1.54, 1.807) is 18.2 Å². The van der Waals surface area contributed by atoms with Gasteiger partial charge in [0.1, 0.15) is 19.0 Å². The summed E-state index contributed by atoms with van der Waals surface area (Å²) in [4.78, 5) is 12.8. The normalized spacial score (nSPS) is 15.7. The highest BCUT2D eigenvalue weighted by atomic mass is 16.7. The molecule has 1 heterocycles. The predicted octanol–water partition coefficient (Wildman–Crippen LogP) is 4.96. The van der Waals surface area contributed by atoms with Crippen molar-refractivity contribution in [2.45, 2.75) is 52.1 Å². The second kappa shape index (κ2) is 13.3. The van der Waals surface area contributed by atoms with Gasteiger partial charge in [-0.1, -0.05) is 66.7 Å². The summed E-state index contributed by atoms with van der Waals surface area (Å²) in [6.45, 7) is 10.1. The van der Waals surface area contributed by atoms with Crippen LogP contribution >= 0.6 is 0 Å². The van der Waals surface area contributed by atoms with Gasteiger partial charge in [-0.3, -0.25) is 0 Å². The van der Waals surface area contributed by atoms with Gasteiger partial charge in [-0.2, -0.15) is 0 Å². The molecule has 0 aliphatic carbocycles. The van der Waals surface area contributed by atoms with Crippen LogP contribution in [-0.4, -0.2) is 50.7 Å². The third-order valence-corrected chi connectivity index (χ3v) is 6.93. The SMILES string of the molecule is CC1(C)OB(c2ccc(C(=O)OCCOCc3ccccc3)cc2OCCOCc2ccccc2)OC1(C)C. The van der Waals surface area contributed by atoms with E-state index in [0.29, 0.717) is 49.8 Å². The largest absolute Gasteiger partial charge is 0.498 e. The van der Waals surface area contributed by atoms with Crippen molar-refractivity contribution < 1.29 is 33.1 Å². The van der Waals surface area contributed by atoms with Crippen molar-refractivity contribution in [3.63, 3.8) is 0 Å². The maximum Gasteiger partial charge on any atom is 0.498 e. The number of ether oxygens (including phenoxy) is 4. The van der Waals surface area contributed by atoms with Crippen LogP contribution < -0.4 is 10.2 Å². The molecular weight excluding hydrogens is 495 g/mol. The first-order valence-electron chi connectivity index (χ1n) is 13.3. The molecule has 1 saturated heterocycles. The van der Waals surface area contributed by atoms with Gasteiger partial charge in [0.15, 0.2) is 0 Å². The highest BCUT2D eigenvalue weighted by Gasteiger charge is 2.52. The van der Waals surface area contributed by atoms with E-state index in [1.807, 2.05) is 88.4 Å². The summed E-state index contributed by atoms with van der Waals surface area (Å²) in [7, 11) is -0.633. The smallest absolute Gasteiger partial charge is 0.492 e. The molecule has 0 spiro atoms. The molecule has 3 aromatic rings. The first-order chi connectivity index (χ1) is 18.7. The summed E-state index contributed by atoms with van der Waals surface area (Å²) in [5, 5.41) is 0. The van der Waals surface area contributed by atoms with Crippen molar-refractivity contribution in [2.75, 3.05) is 26.4 Å². The number of benzene rings is 3. The molecule has 0 N–H and O–H groups in total. The van der Waals surface area contributed by atoms with Gasteiger partial charge < -0.3 is 28.3 Å². The first kappa shape index (κ1) is 28.8. The molecule has 0 aromatic heterocycles. The summed E-state index contributed by atoms with van der Waals surface area (Å²) in [5.41, 5.74) is 2.22. The van der Waals surface area contributed by atoms with Crippen LogP contribution in [0, 0.1) is 0 Å². The molecule has 39 heavy (non-hydrogen) atoms. The van der Waals surface area contributed by atoms with Gasteiger partial charge >= 0.3 is 13.1 Å². The lowest BCUT2D eigenvalue weighted by molar-refractivity contribution is 0.00578. The fourth-order valence-corrected chi connectivity index (χ4v) is 3.97. The number of hydrogen-bond acceptors (Lipinski definition) is 7. The number of esters is 1. The Labute approximate surface area is 231 Å². The van der Waals surface area contributed by atoms with Crippen LogP contribution in [0.3, 0.4) is 0 Å². The maximum absolute atomic E-state index is 12.8. The number of carbonyl (C=O) groups excluding carboxylic acids is 1. The first-order valence-corrected chi connectivity index (χ1v) is 13.3. The Morgan fingerprint density at radius 1 is 0.718 bits per heavy atom. The molecule has 0 atom stereocenters. The van der Waals surface area contributed by atoms with E-state index in [-0.39, 0.29) is 6.61 Å². The third-order valence-electron chi connectivity index (χ3n) is 6.93. The summed E-state index contributed by atoms with van der Waals surface area (Å²) >= 11 is 0. The average Bonchev–Trinajstić information content (AvgIpc) is 3.15. The summed E-state index contributed by atoms with van der Waals surface area (Å²) < 4.78 is 35.4. The van der Waals surface area contributed by atoms with Crippen LogP contribution in [0.4, 0.5) is 0 Å². The topological polar surface area (TPSA) is 72.5 Å². The zero-order valence-corrected chi connectivity index (χ0v) is 23.2. The van der Waals surface area contributed by atoms with E-state index in [4.69, 9.17) is 28.3 Å². The van der Waals surface area contributed by atoms with Gasteiger partial charge in [-0.05, 0) is 51.0 Å². The number of hydrogen-bond donors (Lipinski definition) is 0. The molecule has 1 aliphatic rings. The van der Waals surface area contributed by atoms with E-state index < -0.39 is 24.3 Å². The predicted molar refractivity (Wildman–Crippen MR) is 150 cm³/mol. The number of carbonyl (C=O) groups is 1. The van der Waals surface area contributed by atoms with E-state index in [0.717, 1.165) is 11.1 Å². The van der Waals surface area contributed by atoms with E-state index >= 15 is 0 Å². The van der Waals surface area contributed by atoms with Gasteiger partial charge in [0, 0.05) is 5.46 Å². The third kappa shape index (κ3) is 7.93. The molecule has 8 heteroatoms. The van der Waals surface area contributed by atoms with Crippen molar-refractivity contribution in [3.8, 4) is 5.75 Å². The van der Waals surface area contributed by atoms with Gasteiger partial charge in [-0.15, -0.1) is 0 Å². The lowest BCUT2D eigenvalue weighted by Crippen LogP contribution is -2.41. The molecule has 0 radical (unpaired) electrons. The minimum absolute atomic E-state index is 0.147. The van der Waals surface area contributed by atoms with Crippen molar-refractivity contribution in [1.29, 1.82) is 0 Å². The molecule has 3 aromatic carbocycles. The molecule has 0 saturated carbocycles. The molecule has 1 fully saturated rings. The second-order valence-corrected chi connectivity index (χ2v) is 10.4. The molecular formula is C31H37BO7. The fourth-order valence-electron chi connectivity index (χ4n) is 3.97. The fraction of sp³-hybridized carbons (Fsp3) is 0.387. The monoisotopic (exact) mass is 532 g/mol. The summed E-state index contributed by atoms with van der Waals surface area (Å²) in [6, 6.07) is 25.0. The van der Waals surface area contributed by atoms with Crippen molar-refractivity contribution in [3.05, 3.63) is 95.6 Å². The Balaban J connectivity index is 1.36. The molecule has 4 rings (SSSR count). The Morgan fingerprint density at radius 3 is 1.82 bits per heavy atom. The minimum Gasteiger partial charge on any atom is -0.492 e. The van der Waals surface area contributed by atoms with E-state index in [9.17, 15) is 4.79 Å². The van der Waals surface area contributed by atoms with Gasteiger partial charge in [0.25, 0.3) is 0 Å². The lowest BCUT2D eigenvalue weighted by Gasteiger charge is -2.32. The summed E-state index contributed by atoms with van der Waals surface area (Å²) in [5.74, 6) is 0.0375. The van der Waals surface area contributed by atoms with Crippen LogP contribution in [0.2, 0.25) is 0 Å². The standard InChI is InChI=1S/C31H37BO7/c1-30(2)31(3,4)39-32(38-30)27-16-15-26(29(33)37-20-18-35-23-25-13-9-6-10-14-25)21-28(27)36-19-17-34-22-24-11-7-5-8-12-24/h5-16,21H,17-20,22-23H2,1-4H3. The molecule has 1 aliphatic heterocycles. The van der Waals surface area contributed by atoms with Gasteiger partial charge in [0.05, 0.1) is 43.2 Å². The zero-order chi connectivity index (χ0) is 27.7. The van der Waals surface area contributed by atoms with Crippen molar-refractivity contribution >= 4 is 18.6 Å². The van der Waals surface area contributed by atoms with Gasteiger partial charge in [-0.25, -0.2) is 4.79 Å². The Morgan fingerprint density at radius 2 is 1.26 bits per heavy atom. The van der Waals surface area contributed by atoms with Crippen molar-refractivity contribution in [2.24, 2.45) is 0 Å². The zero-order valence-electron chi connectivity index (χ0n) is 23.2. The molecule has 7 nitrogen and oxygen atoms in total. The van der Waals surface area contributed by atoms with Crippen LogP contribution in [0.5, 0.6) is 5.75 Å². The van der Waals surface area contributed by atoms with Crippen LogP contribution in [0.25, 0.3) is 0 Å². The average molecular weight is 532 g/mol. The lowest BCUT2D eigenvalue weighted by atomic mass is 9.78. The van der Waals surface area contributed by atoms with Crippen LogP contribution in [-0.2, 0) is 36.7 Å².